The molecule has 0 spiro atoms. The zero-order valence-corrected chi connectivity index (χ0v) is 14.5. The topological polar surface area (TPSA) is 130 Å². The number of benzene rings is 1. The van der Waals surface area contributed by atoms with E-state index in [-0.39, 0.29) is 18.7 Å². The van der Waals surface area contributed by atoms with Crippen molar-refractivity contribution < 1.29 is 18.9 Å². The largest absolute Gasteiger partial charge is 0.497 e. The molecule has 0 radical (unpaired) electrons. The van der Waals surface area contributed by atoms with Crippen LogP contribution in [0.5, 0.6) is 5.75 Å². The molecule has 4 aromatic rings. The molecule has 0 amide bonds. The molecule has 11 nitrogen and oxygen atoms in total. The Morgan fingerprint density at radius 2 is 2.00 bits per heavy atom. The summed E-state index contributed by atoms with van der Waals surface area (Å²) in [6.07, 6.45) is -0.0665. The molecule has 0 aliphatic carbocycles. The Morgan fingerprint density at radius 3 is 2.74 bits per heavy atom. The van der Waals surface area contributed by atoms with Gasteiger partial charge in [0.2, 0.25) is 16.9 Å². The van der Waals surface area contributed by atoms with Crippen molar-refractivity contribution in [1.29, 1.82) is 0 Å². The van der Waals surface area contributed by atoms with E-state index in [1.165, 1.54) is 0 Å². The monoisotopic (exact) mass is 369 g/mol. The van der Waals surface area contributed by atoms with Gasteiger partial charge in [-0.3, -0.25) is 9.20 Å². The second-order valence-electron chi connectivity index (χ2n) is 5.48. The number of methoxy groups -OCH3 is 1. The first kappa shape index (κ1) is 16.7. The molecule has 138 valence electrons. The summed E-state index contributed by atoms with van der Waals surface area (Å²) < 4.78 is 16.5. The van der Waals surface area contributed by atoms with E-state index in [2.05, 4.69) is 30.8 Å². The number of hydrogen-bond acceptors (Lipinski definition) is 10. The van der Waals surface area contributed by atoms with E-state index in [0.29, 0.717) is 22.9 Å². The lowest BCUT2D eigenvalue weighted by molar-refractivity contribution is -0.142. The number of rotatable bonds is 6. The minimum absolute atomic E-state index is 0.0665. The first-order valence-corrected chi connectivity index (χ1v) is 8.12. The quantitative estimate of drug-likeness (QED) is 0.499. The van der Waals surface area contributed by atoms with Gasteiger partial charge < -0.3 is 14.8 Å². The van der Waals surface area contributed by atoms with Gasteiger partial charge in [0.15, 0.2) is 11.6 Å². The summed E-state index contributed by atoms with van der Waals surface area (Å²) in [5.41, 5.74) is 1.71. The molecular weight excluding hydrogens is 354 g/mol. The third-order valence-corrected chi connectivity index (χ3v) is 3.79. The second kappa shape index (κ2) is 6.86. The molecule has 1 N–H and O–H groups in total. The third kappa shape index (κ3) is 3.10. The number of carbonyl (C=O) groups excluding carboxylic acids is 1. The van der Waals surface area contributed by atoms with E-state index >= 15 is 0 Å². The van der Waals surface area contributed by atoms with Gasteiger partial charge in [0, 0.05) is 5.69 Å². The minimum Gasteiger partial charge on any atom is -0.497 e. The highest BCUT2D eigenvalue weighted by molar-refractivity contribution is 5.80. The van der Waals surface area contributed by atoms with Gasteiger partial charge in [-0.2, -0.15) is 0 Å². The van der Waals surface area contributed by atoms with Crippen LogP contribution < -0.4 is 10.1 Å². The van der Waals surface area contributed by atoms with E-state index in [1.807, 2.05) is 24.3 Å². The maximum Gasteiger partial charge on any atom is 0.313 e. The van der Waals surface area contributed by atoms with Crippen molar-refractivity contribution in [2.24, 2.45) is 0 Å². The number of ether oxygens (including phenoxy) is 2. The number of esters is 1. The molecule has 0 bridgehead atoms. The highest BCUT2D eigenvalue weighted by Gasteiger charge is 2.20. The molecule has 0 aliphatic heterocycles. The Bertz CT molecular complexity index is 1100. The molecule has 0 fully saturated rings. The van der Waals surface area contributed by atoms with Gasteiger partial charge >= 0.3 is 5.97 Å². The van der Waals surface area contributed by atoms with Crippen molar-refractivity contribution in [1.82, 2.24) is 29.9 Å². The summed E-state index contributed by atoms with van der Waals surface area (Å²) in [5.74, 6) is 1.06. The predicted octanol–water partition coefficient (Wildman–Crippen LogP) is 1.52. The SMILES string of the molecule is CCOC(=O)Cc1nnc2c(Nc3ccc(OC)cc3)nc3nonc3n12. The van der Waals surface area contributed by atoms with Gasteiger partial charge in [-0.15, -0.1) is 10.2 Å². The van der Waals surface area contributed by atoms with Crippen LogP contribution in [0.15, 0.2) is 28.9 Å². The first-order valence-electron chi connectivity index (χ1n) is 8.12. The van der Waals surface area contributed by atoms with Crippen molar-refractivity contribution in [2.45, 2.75) is 13.3 Å². The summed E-state index contributed by atoms with van der Waals surface area (Å²) in [6.45, 7) is 2.02. The standard InChI is InChI=1S/C16H15N7O4/c1-3-26-12(24)8-11-19-20-15-13(17-9-4-6-10(25-2)7-5-9)18-14-16(23(11)15)22-27-21-14/h4-7H,3,8H2,1-2H3,(H,17,18,21). The zero-order chi connectivity index (χ0) is 18.8. The lowest BCUT2D eigenvalue weighted by atomic mass is 10.3. The molecule has 1 aromatic carbocycles. The van der Waals surface area contributed by atoms with Crippen LogP contribution in [-0.2, 0) is 16.0 Å². The number of fused-ring (bicyclic) bond motifs is 3. The Hall–Kier alpha value is -3.76. The van der Waals surface area contributed by atoms with Crippen molar-refractivity contribution >= 4 is 34.4 Å². The third-order valence-electron chi connectivity index (χ3n) is 3.79. The highest BCUT2D eigenvalue weighted by Crippen LogP contribution is 2.24. The van der Waals surface area contributed by atoms with Gasteiger partial charge in [-0.25, -0.2) is 9.61 Å². The van der Waals surface area contributed by atoms with Crippen LogP contribution in [0.4, 0.5) is 11.5 Å². The van der Waals surface area contributed by atoms with Crippen LogP contribution in [0, 0.1) is 0 Å². The fraction of sp³-hybridized carbons (Fsp3) is 0.250. The van der Waals surface area contributed by atoms with E-state index in [9.17, 15) is 4.79 Å². The lowest BCUT2D eigenvalue weighted by Crippen LogP contribution is -2.11. The molecule has 0 atom stereocenters. The molecule has 27 heavy (non-hydrogen) atoms. The maximum atomic E-state index is 11.9. The molecular formula is C16H15N7O4. The fourth-order valence-electron chi connectivity index (χ4n) is 2.59. The Kier molecular flexibility index (Phi) is 4.24. The summed E-state index contributed by atoms with van der Waals surface area (Å²) in [4.78, 5) is 16.2. The van der Waals surface area contributed by atoms with Gasteiger partial charge in [-0.05, 0) is 41.5 Å². The van der Waals surface area contributed by atoms with Crippen LogP contribution in [0.1, 0.15) is 12.7 Å². The van der Waals surface area contributed by atoms with E-state index < -0.39 is 5.97 Å². The number of anilines is 2. The maximum absolute atomic E-state index is 11.9. The van der Waals surface area contributed by atoms with Gasteiger partial charge in [-0.1, -0.05) is 0 Å². The van der Waals surface area contributed by atoms with Gasteiger partial charge in [0.1, 0.15) is 12.2 Å². The Balaban J connectivity index is 1.77. The van der Waals surface area contributed by atoms with Crippen LogP contribution in [0.25, 0.3) is 16.9 Å². The summed E-state index contributed by atoms with van der Waals surface area (Å²) in [5, 5.41) is 19.0. The van der Waals surface area contributed by atoms with E-state index in [0.717, 1.165) is 11.4 Å². The fourth-order valence-corrected chi connectivity index (χ4v) is 2.59. The van der Waals surface area contributed by atoms with Crippen LogP contribution in [-0.4, -0.2) is 49.6 Å². The zero-order valence-electron chi connectivity index (χ0n) is 14.5. The van der Waals surface area contributed by atoms with Crippen LogP contribution >= 0.6 is 0 Å². The number of hydrogen-bond donors (Lipinski definition) is 1. The van der Waals surface area contributed by atoms with Crippen molar-refractivity contribution in [3.05, 3.63) is 30.1 Å². The molecule has 0 saturated carbocycles. The molecule has 0 aliphatic rings. The summed E-state index contributed by atoms with van der Waals surface area (Å²) in [6, 6.07) is 7.29. The molecule has 0 saturated heterocycles. The molecule has 0 unspecified atom stereocenters. The second-order valence-corrected chi connectivity index (χ2v) is 5.48. The molecule has 11 heteroatoms. The Labute approximate surface area is 152 Å². The average Bonchev–Trinajstić information content (AvgIpc) is 3.29. The van der Waals surface area contributed by atoms with Gasteiger partial charge in [0.25, 0.3) is 0 Å². The number of carbonyl (C=O) groups is 1. The summed E-state index contributed by atoms with van der Waals surface area (Å²) >= 11 is 0. The number of nitrogens with one attached hydrogen (secondary N) is 1. The minimum atomic E-state index is -0.419. The lowest BCUT2D eigenvalue weighted by Gasteiger charge is -2.08. The van der Waals surface area contributed by atoms with Crippen molar-refractivity contribution in [3.8, 4) is 5.75 Å². The van der Waals surface area contributed by atoms with E-state index in [1.54, 1.807) is 18.4 Å². The van der Waals surface area contributed by atoms with Crippen LogP contribution in [0.2, 0.25) is 0 Å². The highest BCUT2D eigenvalue weighted by atomic mass is 16.6. The predicted molar refractivity (Wildman–Crippen MR) is 92.8 cm³/mol. The molecule has 3 heterocycles. The smallest absolute Gasteiger partial charge is 0.313 e. The normalized spacial score (nSPS) is 11.0. The number of nitrogens with zero attached hydrogens (tertiary/aromatic N) is 6. The number of aromatic nitrogens is 6. The average molecular weight is 369 g/mol. The van der Waals surface area contributed by atoms with E-state index in [4.69, 9.17) is 14.1 Å². The summed E-state index contributed by atoms with van der Waals surface area (Å²) in [7, 11) is 1.60. The van der Waals surface area contributed by atoms with Crippen molar-refractivity contribution in [2.75, 3.05) is 19.0 Å². The molecule has 3 aromatic heterocycles. The van der Waals surface area contributed by atoms with Crippen molar-refractivity contribution in [3.63, 3.8) is 0 Å². The first-order chi connectivity index (χ1) is 13.2. The Morgan fingerprint density at radius 1 is 1.19 bits per heavy atom. The molecule has 4 rings (SSSR count). The van der Waals surface area contributed by atoms with Gasteiger partial charge in [0.05, 0.1) is 13.7 Å². The van der Waals surface area contributed by atoms with Crippen LogP contribution in [0.3, 0.4) is 0 Å².